The second-order valence-electron chi connectivity index (χ2n) is 7.55. The highest BCUT2D eigenvalue weighted by Crippen LogP contribution is 2.31. The van der Waals surface area contributed by atoms with Crippen molar-refractivity contribution in [2.45, 2.75) is 33.1 Å². The van der Waals surface area contributed by atoms with E-state index >= 15 is 0 Å². The van der Waals surface area contributed by atoms with Crippen LogP contribution in [0.1, 0.15) is 37.3 Å². The number of benzene rings is 2. The van der Waals surface area contributed by atoms with Gasteiger partial charge in [0, 0.05) is 25.4 Å². The topological polar surface area (TPSA) is 67.9 Å². The summed E-state index contributed by atoms with van der Waals surface area (Å²) in [7, 11) is 1.59. The first kappa shape index (κ1) is 22.6. The van der Waals surface area contributed by atoms with Crippen LogP contribution in [-0.2, 0) is 14.3 Å². The van der Waals surface area contributed by atoms with Crippen LogP contribution in [0.25, 0.3) is 5.57 Å². The summed E-state index contributed by atoms with van der Waals surface area (Å²) < 4.78 is 10.8. The lowest BCUT2D eigenvalue weighted by molar-refractivity contribution is -0.137. The first-order valence-electron chi connectivity index (χ1n) is 10.7. The average Bonchev–Trinajstić information content (AvgIpc) is 3.00. The molecule has 0 saturated heterocycles. The lowest BCUT2D eigenvalue weighted by atomic mass is 10.0. The molecule has 0 spiro atoms. The largest absolute Gasteiger partial charge is 0.497 e. The van der Waals surface area contributed by atoms with Crippen LogP contribution in [0, 0.1) is 6.92 Å². The first-order valence-corrected chi connectivity index (χ1v) is 10.7. The maximum atomic E-state index is 13.2. The van der Waals surface area contributed by atoms with Crippen LogP contribution in [0.15, 0.2) is 54.2 Å². The van der Waals surface area contributed by atoms with Crippen LogP contribution >= 0.6 is 0 Å². The maximum absolute atomic E-state index is 13.2. The molecule has 0 aliphatic carbocycles. The molecule has 0 bridgehead atoms. The molecule has 31 heavy (non-hydrogen) atoms. The molecule has 0 unspecified atom stereocenters. The summed E-state index contributed by atoms with van der Waals surface area (Å²) >= 11 is 0. The number of rotatable bonds is 11. The third-order valence-corrected chi connectivity index (χ3v) is 5.15. The van der Waals surface area contributed by atoms with Crippen LogP contribution < -0.4 is 10.1 Å². The van der Waals surface area contributed by atoms with E-state index in [-0.39, 0.29) is 11.8 Å². The lowest BCUT2D eigenvalue weighted by Crippen LogP contribution is -2.34. The highest BCUT2D eigenvalue weighted by Gasteiger charge is 2.38. The fourth-order valence-corrected chi connectivity index (χ4v) is 3.46. The van der Waals surface area contributed by atoms with Crippen molar-refractivity contribution in [2.75, 3.05) is 32.2 Å². The Morgan fingerprint density at radius 3 is 2.39 bits per heavy atom. The first-order chi connectivity index (χ1) is 15.0. The van der Waals surface area contributed by atoms with Crippen molar-refractivity contribution in [3.05, 3.63) is 65.4 Å². The molecule has 0 saturated carbocycles. The number of aryl methyl sites for hydroxylation is 1. The molecule has 164 valence electrons. The SMILES string of the molecule is CCCCOCCCN1C(=O)C(Nc2cccc(C)c2)=C(c2ccc(OC)cc2)C1=O. The zero-order valence-electron chi connectivity index (χ0n) is 18.4. The summed E-state index contributed by atoms with van der Waals surface area (Å²) in [5.41, 5.74) is 3.19. The Labute approximate surface area is 183 Å². The van der Waals surface area contributed by atoms with Gasteiger partial charge in [0.1, 0.15) is 11.4 Å². The minimum atomic E-state index is -0.314. The van der Waals surface area contributed by atoms with Gasteiger partial charge in [0.25, 0.3) is 11.8 Å². The molecule has 1 N–H and O–H groups in total. The van der Waals surface area contributed by atoms with Crippen molar-refractivity contribution in [1.29, 1.82) is 0 Å². The van der Waals surface area contributed by atoms with E-state index in [9.17, 15) is 9.59 Å². The Kier molecular flexibility index (Phi) is 7.84. The minimum Gasteiger partial charge on any atom is -0.497 e. The number of carbonyl (C=O) groups excluding carboxylic acids is 2. The van der Waals surface area contributed by atoms with Crippen LogP contribution in [0.2, 0.25) is 0 Å². The fourth-order valence-electron chi connectivity index (χ4n) is 3.46. The van der Waals surface area contributed by atoms with Crippen molar-refractivity contribution in [1.82, 2.24) is 4.90 Å². The van der Waals surface area contributed by atoms with Crippen LogP contribution in [0.5, 0.6) is 5.75 Å². The van der Waals surface area contributed by atoms with E-state index in [4.69, 9.17) is 9.47 Å². The number of anilines is 1. The van der Waals surface area contributed by atoms with Gasteiger partial charge in [-0.2, -0.15) is 0 Å². The van der Waals surface area contributed by atoms with Gasteiger partial charge in [-0.15, -0.1) is 0 Å². The van der Waals surface area contributed by atoms with Crippen LogP contribution in [0.4, 0.5) is 5.69 Å². The summed E-state index contributed by atoms with van der Waals surface area (Å²) in [6, 6.07) is 14.9. The van der Waals surface area contributed by atoms with E-state index in [0.717, 1.165) is 24.1 Å². The number of hydrogen-bond acceptors (Lipinski definition) is 5. The Balaban J connectivity index is 1.83. The van der Waals surface area contributed by atoms with Gasteiger partial charge in [0.15, 0.2) is 0 Å². The smallest absolute Gasteiger partial charge is 0.278 e. The van der Waals surface area contributed by atoms with E-state index < -0.39 is 0 Å². The zero-order chi connectivity index (χ0) is 22.2. The number of hydrogen-bond donors (Lipinski definition) is 1. The van der Waals surface area contributed by atoms with Crippen molar-refractivity contribution in [3.8, 4) is 5.75 Å². The van der Waals surface area contributed by atoms with Gasteiger partial charge in [-0.1, -0.05) is 37.6 Å². The van der Waals surface area contributed by atoms with E-state index in [1.807, 2.05) is 31.2 Å². The number of nitrogens with one attached hydrogen (secondary N) is 1. The molecular weight excluding hydrogens is 392 g/mol. The maximum Gasteiger partial charge on any atom is 0.278 e. The minimum absolute atomic E-state index is 0.293. The Morgan fingerprint density at radius 2 is 1.71 bits per heavy atom. The molecular formula is C25H30N2O4. The van der Waals surface area contributed by atoms with E-state index in [0.29, 0.717) is 48.8 Å². The molecule has 2 amide bonds. The van der Waals surface area contributed by atoms with Gasteiger partial charge in [-0.3, -0.25) is 14.5 Å². The number of nitrogens with zero attached hydrogens (tertiary/aromatic N) is 1. The van der Waals surface area contributed by atoms with Crippen molar-refractivity contribution < 1.29 is 19.1 Å². The number of imide groups is 1. The van der Waals surface area contributed by atoms with Crippen molar-refractivity contribution in [2.24, 2.45) is 0 Å². The summed E-state index contributed by atoms with van der Waals surface area (Å²) in [4.78, 5) is 27.7. The molecule has 6 nitrogen and oxygen atoms in total. The summed E-state index contributed by atoms with van der Waals surface area (Å²) in [6.45, 7) is 5.64. The second-order valence-corrected chi connectivity index (χ2v) is 7.55. The molecule has 1 aliphatic rings. The van der Waals surface area contributed by atoms with Crippen LogP contribution in [0.3, 0.4) is 0 Å². The Hall–Kier alpha value is -3.12. The van der Waals surface area contributed by atoms with E-state index in [1.165, 1.54) is 4.90 Å². The van der Waals surface area contributed by atoms with Gasteiger partial charge < -0.3 is 14.8 Å². The molecule has 3 rings (SSSR count). The standard InChI is InChI=1S/C25H30N2O4/c1-4-5-15-31-16-7-14-27-24(28)22(19-10-12-21(30-3)13-11-19)23(25(27)29)26-20-9-6-8-18(2)17-20/h6,8-13,17,26H,4-5,7,14-16H2,1-3H3. The zero-order valence-corrected chi connectivity index (χ0v) is 18.4. The molecule has 2 aromatic carbocycles. The van der Waals surface area contributed by atoms with Gasteiger partial charge in [0.05, 0.1) is 12.7 Å². The van der Waals surface area contributed by atoms with Crippen molar-refractivity contribution >= 4 is 23.1 Å². The number of amides is 2. The normalized spacial score (nSPS) is 13.8. The van der Waals surface area contributed by atoms with Gasteiger partial charge >= 0.3 is 0 Å². The summed E-state index contributed by atoms with van der Waals surface area (Å²) in [5.74, 6) is 0.0835. The predicted octanol–water partition coefficient (Wildman–Crippen LogP) is 4.40. The third kappa shape index (κ3) is 5.52. The Morgan fingerprint density at radius 1 is 0.968 bits per heavy atom. The molecule has 2 aromatic rings. The van der Waals surface area contributed by atoms with Crippen molar-refractivity contribution in [3.63, 3.8) is 0 Å². The molecule has 6 heteroatoms. The predicted molar refractivity (Wildman–Crippen MR) is 122 cm³/mol. The number of methoxy groups -OCH3 is 1. The molecule has 1 heterocycles. The molecule has 0 atom stereocenters. The summed E-state index contributed by atoms with van der Waals surface area (Å²) in [5, 5.41) is 3.19. The highest BCUT2D eigenvalue weighted by molar-refractivity contribution is 6.36. The monoisotopic (exact) mass is 422 g/mol. The van der Waals surface area contributed by atoms with Gasteiger partial charge in [-0.25, -0.2) is 0 Å². The van der Waals surface area contributed by atoms with E-state index in [2.05, 4.69) is 12.2 Å². The van der Waals surface area contributed by atoms with Crippen LogP contribution in [-0.4, -0.2) is 43.6 Å². The fraction of sp³-hybridized carbons (Fsp3) is 0.360. The Bertz CT molecular complexity index is 950. The number of unbranched alkanes of at least 4 members (excludes halogenated alkanes) is 1. The van der Waals surface area contributed by atoms with Gasteiger partial charge in [-0.05, 0) is 55.2 Å². The summed E-state index contributed by atoms with van der Waals surface area (Å²) in [6.07, 6.45) is 2.69. The molecule has 1 aliphatic heterocycles. The lowest BCUT2D eigenvalue weighted by Gasteiger charge is -2.15. The highest BCUT2D eigenvalue weighted by atomic mass is 16.5. The molecule has 0 fully saturated rings. The quantitative estimate of drug-likeness (QED) is 0.429. The second kappa shape index (κ2) is 10.8. The van der Waals surface area contributed by atoms with Gasteiger partial charge in [0.2, 0.25) is 0 Å². The molecule has 0 radical (unpaired) electrons. The number of ether oxygens (including phenoxy) is 2. The third-order valence-electron chi connectivity index (χ3n) is 5.15. The average molecular weight is 423 g/mol. The number of carbonyl (C=O) groups is 2. The van der Waals surface area contributed by atoms with E-state index in [1.54, 1.807) is 31.4 Å². The molecule has 0 aromatic heterocycles.